The van der Waals surface area contributed by atoms with Crippen LogP contribution in [-0.4, -0.2) is 32.0 Å². The van der Waals surface area contributed by atoms with E-state index in [0.717, 1.165) is 67.1 Å². The molecule has 9 heterocycles. The SMILES string of the molecule is c1ccc(-n2c3ccccc3c3c2cc(-c2cccc(-c4cccc5c4oc4ccccc45)c2)c2c4ccccc4n(-c4ccccc4)c23)cc1.c1ccc(-n2c3ccccc3c3c2cc(-c2cccc(-c4cccc5c4sc4ccccc45)c2)c2c4ccccc4n(-c4ccccc4)c23)cc1.c1ccc(-n2c3ccccc3c3cc(-n4c5ccccc5c5c4ccc4c6ccccc6n(-c6ccccc6)c45)ccc32)cc1. The van der Waals surface area contributed by atoms with Crippen LogP contribution in [0, 0.1) is 0 Å². The molecule has 32 rings (SSSR count). The molecule has 0 saturated heterocycles. The van der Waals surface area contributed by atoms with Gasteiger partial charge in [0.05, 0.1) is 77.2 Å². The number of hydrogen-bond acceptors (Lipinski definition) is 2. The fraction of sp³-hybridized carbons (Fsp3) is 0. The molecule has 0 aliphatic heterocycles. The Bertz CT molecular complexity index is 10500. The number of furan rings is 1. The highest BCUT2D eigenvalue weighted by molar-refractivity contribution is 7.26. The van der Waals surface area contributed by atoms with Gasteiger partial charge in [0.2, 0.25) is 0 Å². The number of aromatic nitrogens is 7. The number of nitrogens with zero attached hydrogens (tertiary/aromatic N) is 7. The Morgan fingerprint density at radius 1 is 0.150 bits per heavy atom. The number of fused-ring (bicyclic) bond motifs is 30. The average Bonchev–Trinajstić information content (AvgIpc) is 1.53. The van der Waals surface area contributed by atoms with E-state index in [0.29, 0.717) is 0 Å². The highest BCUT2D eigenvalue weighted by atomic mass is 32.1. The molecule has 147 heavy (non-hydrogen) atoms. The van der Waals surface area contributed by atoms with Gasteiger partial charge in [-0.15, -0.1) is 11.3 Å². The first-order chi connectivity index (χ1) is 73.0. The molecule has 0 bridgehead atoms. The molecule has 0 aliphatic carbocycles. The van der Waals surface area contributed by atoms with Crippen LogP contribution in [0.4, 0.5) is 0 Å². The molecule has 0 N–H and O–H groups in total. The van der Waals surface area contributed by atoms with Crippen molar-refractivity contribution in [1.29, 1.82) is 0 Å². The fourth-order valence-corrected chi connectivity index (χ4v) is 25.5. The molecule has 0 spiro atoms. The predicted molar refractivity (Wildman–Crippen MR) is 622 cm³/mol. The van der Waals surface area contributed by atoms with Crippen molar-refractivity contribution < 1.29 is 4.42 Å². The van der Waals surface area contributed by atoms with Gasteiger partial charge in [0.1, 0.15) is 11.2 Å². The first-order valence-electron chi connectivity index (χ1n) is 50.4. The van der Waals surface area contributed by atoms with Crippen LogP contribution in [0.1, 0.15) is 0 Å². The van der Waals surface area contributed by atoms with Crippen molar-refractivity contribution in [1.82, 2.24) is 32.0 Å². The first-order valence-corrected chi connectivity index (χ1v) is 51.2. The summed E-state index contributed by atoms with van der Waals surface area (Å²) < 4.78 is 26.3. The summed E-state index contributed by atoms with van der Waals surface area (Å²) in [6, 6.07) is 191. The third-order valence-corrected chi connectivity index (χ3v) is 31.6. The Balaban J connectivity index is 0.000000102. The van der Waals surface area contributed by atoms with Crippen LogP contribution < -0.4 is 0 Å². The lowest BCUT2D eigenvalue weighted by atomic mass is 9.93. The van der Waals surface area contributed by atoms with Crippen LogP contribution in [0.15, 0.2) is 532 Å². The Hall–Kier alpha value is -19.3. The topological polar surface area (TPSA) is 47.6 Å². The summed E-state index contributed by atoms with van der Waals surface area (Å²) in [4.78, 5) is 0. The Morgan fingerprint density at radius 3 is 0.932 bits per heavy atom. The maximum Gasteiger partial charge on any atom is 0.143 e. The van der Waals surface area contributed by atoms with Gasteiger partial charge in [-0.3, -0.25) is 0 Å². The monoisotopic (exact) mass is 1890 g/mol. The van der Waals surface area contributed by atoms with E-state index in [4.69, 9.17) is 4.42 Å². The predicted octanol–water partition coefficient (Wildman–Crippen LogP) is 37.7. The molecule has 8 nitrogen and oxygen atoms in total. The van der Waals surface area contributed by atoms with Crippen LogP contribution in [0.3, 0.4) is 0 Å². The largest absolute Gasteiger partial charge is 0.455 e. The lowest BCUT2D eigenvalue weighted by Crippen LogP contribution is -1.96. The summed E-state index contributed by atoms with van der Waals surface area (Å²) >= 11 is 1.89. The third-order valence-electron chi connectivity index (χ3n) is 30.4. The minimum absolute atomic E-state index is 0.908. The number of para-hydroxylation sites is 15. The van der Waals surface area contributed by atoms with Crippen molar-refractivity contribution in [3.63, 3.8) is 0 Å². The van der Waals surface area contributed by atoms with Crippen LogP contribution in [0.5, 0.6) is 0 Å². The summed E-state index contributed by atoms with van der Waals surface area (Å²) in [5.41, 5.74) is 36.3. The summed E-state index contributed by atoms with van der Waals surface area (Å²) in [7, 11) is 0. The zero-order valence-corrected chi connectivity index (χ0v) is 80.5. The van der Waals surface area contributed by atoms with Crippen LogP contribution in [0.25, 0.3) is 279 Å². The Labute approximate surface area is 848 Å². The fourth-order valence-electron chi connectivity index (χ4n) is 24.3. The van der Waals surface area contributed by atoms with E-state index in [9.17, 15) is 0 Å². The summed E-state index contributed by atoms with van der Waals surface area (Å²) in [6.45, 7) is 0. The summed E-state index contributed by atoms with van der Waals surface area (Å²) in [6.07, 6.45) is 0. The normalized spacial score (nSPS) is 11.9. The van der Waals surface area contributed by atoms with Crippen molar-refractivity contribution in [2.24, 2.45) is 0 Å². The average molecular weight is 1890 g/mol. The quantitative estimate of drug-likeness (QED) is 0.127. The molecule has 0 atom stereocenters. The smallest absolute Gasteiger partial charge is 0.143 e. The lowest BCUT2D eigenvalue weighted by Gasteiger charge is -2.14. The van der Waals surface area contributed by atoms with E-state index in [1.807, 2.05) is 17.4 Å². The minimum atomic E-state index is 0.908. The number of benzene rings is 23. The van der Waals surface area contributed by atoms with Gasteiger partial charge in [-0.1, -0.05) is 352 Å². The molecule has 9 heteroatoms. The molecule has 0 radical (unpaired) electrons. The van der Waals surface area contributed by atoms with Crippen LogP contribution >= 0.6 is 11.3 Å². The van der Waals surface area contributed by atoms with Crippen molar-refractivity contribution >= 4 is 206 Å². The standard InChI is InChI=1S/C48H30N2O.C48H30N2S.C42H27N3/c2*1-3-17-33(18-4-1)49-41-26-10-8-23-39(41)46-43(49)30-40(45-38-22-7-11-27-42(38)50(47(45)46)34-19-5-2-6-20-34)32-16-13-15-31(29-32)35-24-14-25-37-36-21-9-12-28-44(36)51-48(35)37;1-3-13-28(14-4-1)43-36-20-10-8-18-32(36)35-27-30(23-25-39(35)43)44-38-22-12-9-19-34(38)41-40(44)26-24-33-31-17-7-11-21-37(31)45(42(33)41)29-15-5-2-6-16-29/h2*1-30H;1-27H. The van der Waals surface area contributed by atoms with E-state index in [2.05, 4.69) is 554 Å². The van der Waals surface area contributed by atoms with Crippen LogP contribution in [-0.2, 0) is 0 Å². The van der Waals surface area contributed by atoms with E-state index < -0.39 is 0 Å². The van der Waals surface area contributed by atoms with Gasteiger partial charge in [-0.2, -0.15) is 0 Å². The van der Waals surface area contributed by atoms with Crippen molar-refractivity contribution in [3.05, 3.63) is 528 Å². The molecule has 0 amide bonds. The number of rotatable bonds is 11. The highest BCUT2D eigenvalue weighted by Gasteiger charge is 2.30. The molecule has 0 saturated carbocycles. The van der Waals surface area contributed by atoms with Gasteiger partial charge < -0.3 is 36.4 Å². The molecule has 0 unspecified atom stereocenters. The second-order valence-corrected chi connectivity index (χ2v) is 39.4. The van der Waals surface area contributed by atoms with Crippen LogP contribution in [0.2, 0.25) is 0 Å². The van der Waals surface area contributed by atoms with Gasteiger partial charge in [-0.25, -0.2) is 0 Å². The third kappa shape index (κ3) is 13.0. The highest BCUT2D eigenvalue weighted by Crippen LogP contribution is 2.53. The Morgan fingerprint density at radius 2 is 0.456 bits per heavy atom. The summed E-state index contributed by atoms with van der Waals surface area (Å²) in [5.74, 6) is 0. The second kappa shape index (κ2) is 33.7. The molecule has 686 valence electrons. The van der Waals surface area contributed by atoms with Crippen molar-refractivity contribution in [2.75, 3.05) is 0 Å². The van der Waals surface area contributed by atoms with E-state index in [1.54, 1.807) is 0 Å². The molecule has 23 aromatic carbocycles. The molecular weight excluding hydrogens is 1800 g/mol. The van der Waals surface area contributed by atoms with Gasteiger partial charge in [0.25, 0.3) is 0 Å². The molecule has 9 aromatic heterocycles. The maximum atomic E-state index is 6.51. The van der Waals surface area contributed by atoms with E-state index in [-0.39, 0.29) is 0 Å². The molecular formula is C138H87N7OS. The Kier molecular flexibility index (Phi) is 19.1. The van der Waals surface area contributed by atoms with Gasteiger partial charge in [-0.05, 0) is 215 Å². The van der Waals surface area contributed by atoms with Crippen molar-refractivity contribution in [3.8, 4) is 84.3 Å². The lowest BCUT2D eigenvalue weighted by molar-refractivity contribution is 0.670. The zero-order valence-electron chi connectivity index (χ0n) is 79.7. The second-order valence-electron chi connectivity index (χ2n) is 38.3. The van der Waals surface area contributed by atoms with Gasteiger partial charge in [0.15, 0.2) is 0 Å². The maximum absolute atomic E-state index is 6.51. The number of thiophene rings is 1. The molecule has 0 aliphatic rings. The van der Waals surface area contributed by atoms with Crippen molar-refractivity contribution in [2.45, 2.75) is 0 Å². The van der Waals surface area contributed by atoms with E-state index >= 15 is 0 Å². The van der Waals surface area contributed by atoms with E-state index in [1.165, 1.54) is 212 Å². The first kappa shape index (κ1) is 83.5. The van der Waals surface area contributed by atoms with Gasteiger partial charge >= 0.3 is 0 Å². The molecule has 32 aromatic rings. The number of hydrogen-bond donors (Lipinski definition) is 0. The summed E-state index contributed by atoms with van der Waals surface area (Å²) in [5, 5.41) is 22.5. The zero-order chi connectivity index (χ0) is 96.4. The van der Waals surface area contributed by atoms with Gasteiger partial charge in [0, 0.05) is 152 Å². The molecule has 0 fully saturated rings. The minimum Gasteiger partial charge on any atom is -0.455 e.